The summed E-state index contributed by atoms with van der Waals surface area (Å²) < 4.78 is 39.6. The molecule has 1 rings (SSSR count). The van der Waals surface area contributed by atoms with Gasteiger partial charge in [-0.2, -0.15) is 13.2 Å². The number of hydrogen-bond donors (Lipinski definition) is 1. The molecule has 0 aromatic carbocycles. The van der Waals surface area contributed by atoms with E-state index >= 15 is 0 Å². The number of aliphatic hydroxyl groups excluding tert-OH is 1. The number of halogens is 3. The van der Waals surface area contributed by atoms with E-state index in [9.17, 15) is 18.3 Å². The van der Waals surface area contributed by atoms with Gasteiger partial charge in [-0.05, 0) is 19.4 Å². The Morgan fingerprint density at radius 2 is 2.13 bits per heavy atom. The Balaban J connectivity index is 2.04. The lowest BCUT2D eigenvalue weighted by Gasteiger charge is -2.29. The van der Waals surface area contributed by atoms with Gasteiger partial charge in [0.25, 0.3) is 0 Å². The molecule has 0 aromatic heterocycles. The summed E-state index contributed by atoms with van der Waals surface area (Å²) in [5.41, 5.74) is 0. The SMILES string of the molecule is O[C@H]1CCCN(CCOCC(F)(F)F)C1. The summed E-state index contributed by atoms with van der Waals surface area (Å²) in [6, 6.07) is 0. The van der Waals surface area contributed by atoms with Crippen LogP contribution in [0.25, 0.3) is 0 Å². The predicted molar refractivity (Wildman–Crippen MR) is 48.6 cm³/mol. The highest BCUT2D eigenvalue weighted by Gasteiger charge is 2.27. The van der Waals surface area contributed by atoms with Crippen molar-refractivity contribution in [2.45, 2.75) is 25.1 Å². The highest BCUT2D eigenvalue weighted by atomic mass is 19.4. The van der Waals surface area contributed by atoms with Crippen LogP contribution in [0.2, 0.25) is 0 Å². The van der Waals surface area contributed by atoms with Crippen molar-refractivity contribution in [2.24, 2.45) is 0 Å². The maximum atomic E-state index is 11.7. The Morgan fingerprint density at radius 1 is 1.40 bits per heavy atom. The molecule has 0 unspecified atom stereocenters. The average Bonchev–Trinajstić information content (AvgIpc) is 2.11. The van der Waals surface area contributed by atoms with Crippen LogP contribution in [0, 0.1) is 0 Å². The zero-order valence-corrected chi connectivity index (χ0v) is 8.46. The first kappa shape index (κ1) is 12.7. The number of aliphatic hydroxyl groups is 1. The van der Waals surface area contributed by atoms with Crippen LogP contribution in [0.15, 0.2) is 0 Å². The number of likely N-dealkylation sites (tertiary alicyclic amines) is 1. The lowest BCUT2D eigenvalue weighted by molar-refractivity contribution is -0.174. The first-order chi connectivity index (χ1) is 6.97. The van der Waals surface area contributed by atoms with E-state index in [0.29, 0.717) is 13.1 Å². The minimum Gasteiger partial charge on any atom is -0.392 e. The van der Waals surface area contributed by atoms with Crippen LogP contribution in [0.1, 0.15) is 12.8 Å². The van der Waals surface area contributed by atoms with Crippen LogP contribution < -0.4 is 0 Å². The number of ether oxygens (including phenoxy) is 1. The number of alkyl halides is 3. The van der Waals surface area contributed by atoms with Gasteiger partial charge in [-0.15, -0.1) is 0 Å². The minimum absolute atomic E-state index is 0.0617. The van der Waals surface area contributed by atoms with E-state index < -0.39 is 12.8 Å². The van der Waals surface area contributed by atoms with Gasteiger partial charge in [-0.25, -0.2) is 0 Å². The molecular formula is C9H16F3NO2. The Bertz CT molecular complexity index is 187. The van der Waals surface area contributed by atoms with Crippen LogP contribution in [-0.2, 0) is 4.74 Å². The van der Waals surface area contributed by atoms with Gasteiger partial charge in [-0.1, -0.05) is 0 Å². The molecule has 1 atom stereocenters. The summed E-state index contributed by atoms with van der Waals surface area (Å²) in [5.74, 6) is 0. The molecule has 0 radical (unpaired) electrons. The Morgan fingerprint density at radius 3 is 2.73 bits per heavy atom. The van der Waals surface area contributed by atoms with E-state index in [1.54, 1.807) is 0 Å². The second kappa shape index (κ2) is 5.67. The van der Waals surface area contributed by atoms with Crippen molar-refractivity contribution in [2.75, 3.05) is 32.8 Å². The molecule has 1 heterocycles. The Labute approximate surface area is 86.8 Å². The summed E-state index contributed by atoms with van der Waals surface area (Å²) in [6.45, 7) is 0.685. The predicted octanol–water partition coefficient (Wildman–Crippen LogP) is 1.02. The largest absolute Gasteiger partial charge is 0.411 e. The van der Waals surface area contributed by atoms with Crippen molar-refractivity contribution in [1.82, 2.24) is 4.90 Å². The van der Waals surface area contributed by atoms with Gasteiger partial charge in [0.1, 0.15) is 6.61 Å². The molecular weight excluding hydrogens is 211 g/mol. The van der Waals surface area contributed by atoms with Crippen molar-refractivity contribution in [3.63, 3.8) is 0 Å². The van der Waals surface area contributed by atoms with Gasteiger partial charge in [0.05, 0.1) is 12.7 Å². The van der Waals surface area contributed by atoms with Gasteiger partial charge >= 0.3 is 6.18 Å². The summed E-state index contributed by atoms with van der Waals surface area (Å²) >= 11 is 0. The van der Waals surface area contributed by atoms with Crippen molar-refractivity contribution in [1.29, 1.82) is 0 Å². The van der Waals surface area contributed by atoms with Gasteiger partial charge < -0.3 is 9.84 Å². The van der Waals surface area contributed by atoms with E-state index in [1.165, 1.54) is 0 Å². The second-order valence-electron chi connectivity index (χ2n) is 3.76. The van der Waals surface area contributed by atoms with E-state index in [1.807, 2.05) is 4.90 Å². The van der Waals surface area contributed by atoms with E-state index in [2.05, 4.69) is 4.74 Å². The number of piperidine rings is 1. The summed E-state index contributed by atoms with van der Waals surface area (Å²) in [5, 5.41) is 9.30. The molecule has 0 aromatic rings. The fourth-order valence-electron chi connectivity index (χ4n) is 1.62. The molecule has 0 amide bonds. The minimum atomic E-state index is -4.25. The average molecular weight is 227 g/mol. The fraction of sp³-hybridized carbons (Fsp3) is 1.00. The maximum Gasteiger partial charge on any atom is 0.411 e. The van der Waals surface area contributed by atoms with Crippen LogP contribution in [0.5, 0.6) is 0 Å². The highest BCUT2D eigenvalue weighted by Crippen LogP contribution is 2.14. The quantitative estimate of drug-likeness (QED) is 0.728. The first-order valence-corrected chi connectivity index (χ1v) is 5.02. The van der Waals surface area contributed by atoms with E-state index in [0.717, 1.165) is 19.4 Å². The third-order valence-corrected chi connectivity index (χ3v) is 2.30. The zero-order valence-electron chi connectivity index (χ0n) is 8.46. The highest BCUT2D eigenvalue weighted by molar-refractivity contribution is 4.71. The van der Waals surface area contributed by atoms with Crippen molar-refractivity contribution < 1.29 is 23.0 Å². The molecule has 0 spiro atoms. The fourth-order valence-corrected chi connectivity index (χ4v) is 1.62. The summed E-state index contributed by atoms with van der Waals surface area (Å²) in [6.07, 6.45) is -2.93. The normalized spacial score (nSPS) is 24.4. The molecule has 1 N–H and O–H groups in total. The molecule has 1 saturated heterocycles. The monoisotopic (exact) mass is 227 g/mol. The van der Waals surface area contributed by atoms with Crippen LogP contribution >= 0.6 is 0 Å². The van der Waals surface area contributed by atoms with Crippen molar-refractivity contribution in [3.05, 3.63) is 0 Å². The lowest BCUT2D eigenvalue weighted by Crippen LogP contribution is -2.40. The molecule has 6 heteroatoms. The molecule has 90 valence electrons. The standard InChI is InChI=1S/C9H16F3NO2/c10-9(11,12)7-15-5-4-13-3-1-2-8(14)6-13/h8,14H,1-7H2/t8-/m0/s1. The molecule has 1 aliphatic heterocycles. The summed E-state index contributed by atoms with van der Waals surface area (Å²) in [7, 11) is 0. The third kappa shape index (κ3) is 5.96. The number of nitrogens with zero attached hydrogens (tertiary/aromatic N) is 1. The molecule has 1 fully saturated rings. The van der Waals surface area contributed by atoms with Crippen molar-refractivity contribution in [3.8, 4) is 0 Å². The van der Waals surface area contributed by atoms with Crippen molar-refractivity contribution >= 4 is 0 Å². The number of β-amino-alcohol motifs (C(OH)–C–C–N with tert-alkyl or cyclic N) is 1. The zero-order chi connectivity index (χ0) is 11.3. The van der Waals surface area contributed by atoms with Gasteiger partial charge in [0.2, 0.25) is 0 Å². The van der Waals surface area contributed by atoms with Crippen LogP contribution in [0.3, 0.4) is 0 Å². The molecule has 15 heavy (non-hydrogen) atoms. The smallest absolute Gasteiger partial charge is 0.392 e. The van der Waals surface area contributed by atoms with Gasteiger partial charge in [-0.3, -0.25) is 4.90 Å². The molecule has 3 nitrogen and oxygen atoms in total. The lowest BCUT2D eigenvalue weighted by atomic mass is 10.1. The van der Waals surface area contributed by atoms with E-state index in [4.69, 9.17) is 0 Å². The Hall–Kier alpha value is -0.330. The van der Waals surface area contributed by atoms with Gasteiger partial charge in [0.15, 0.2) is 0 Å². The van der Waals surface area contributed by atoms with E-state index in [-0.39, 0.29) is 12.7 Å². The molecule has 0 aliphatic carbocycles. The van der Waals surface area contributed by atoms with Crippen LogP contribution in [-0.4, -0.2) is 55.1 Å². The summed E-state index contributed by atoms with van der Waals surface area (Å²) in [4.78, 5) is 1.92. The number of hydrogen-bond acceptors (Lipinski definition) is 3. The molecule has 1 aliphatic rings. The molecule has 0 bridgehead atoms. The molecule has 0 saturated carbocycles. The topological polar surface area (TPSA) is 32.7 Å². The number of rotatable bonds is 4. The Kier molecular flexibility index (Phi) is 4.82. The van der Waals surface area contributed by atoms with Gasteiger partial charge in [0, 0.05) is 13.1 Å². The van der Waals surface area contributed by atoms with Crippen LogP contribution in [0.4, 0.5) is 13.2 Å². The maximum absolute atomic E-state index is 11.7. The first-order valence-electron chi connectivity index (χ1n) is 5.02. The second-order valence-corrected chi connectivity index (χ2v) is 3.76. The third-order valence-electron chi connectivity index (χ3n) is 2.30.